The van der Waals surface area contributed by atoms with Gasteiger partial charge in [-0.25, -0.2) is 0 Å². The van der Waals surface area contributed by atoms with Gasteiger partial charge < -0.3 is 0 Å². The van der Waals surface area contributed by atoms with E-state index in [-0.39, 0.29) is 5.54 Å². The van der Waals surface area contributed by atoms with Crippen LogP contribution in [0.2, 0.25) is 58.9 Å². The molecule has 0 atom stereocenters. The molecule has 0 bridgehead atoms. The third kappa shape index (κ3) is 4.35. The first kappa shape index (κ1) is 19.7. The Morgan fingerprint density at radius 1 is 0.632 bits per heavy atom. The van der Waals surface area contributed by atoms with Gasteiger partial charge in [-0.2, -0.15) is 0 Å². The summed E-state index contributed by atoms with van der Waals surface area (Å²) in [5, 5.41) is 0. The minimum absolute atomic E-state index is 0.0806. The van der Waals surface area contributed by atoms with Crippen molar-refractivity contribution in [1.82, 2.24) is 0 Å². The molecule has 0 saturated heterocycles. The van der Waals surface area contributed by atoms with Gasteiger partial charge in [-0.1, -0.05) is 0 Å². The van der Waals surface area contributed by atoms with Crippen molar-refractivity contribution >= 4 is 35.9 Å². The summed E-state index contributed by atoms with van der Waals surface area (Å²) >= 11 is 0. The van der Waals surface area contributed by atoms with E-state index in [2.05, 4.69) is 86.4 Å². The molecule has 19 heavy (non-hydrogen) atoms. The Morgan fingerprint density at radius 2 is 0.895 bits per heavy atom. The van der Waals surface area contributed by atoms with Crippen LogP contribution in [-0.4, -0.2) is 41.5 Å². The average molecular weight is 330 g/mol. The Balaban J connectivity index is 6.21. The molecule has 1 nitrogen and oxygen atoms in total. The molecule has 0 aliphatic heterocycles. The van der Waals surface area contributed by atoms with Gasteiger partial charge in [0, 0.05) is 0 Å². The van der Waals surface area contributed by atoms with Gasteiger partial charge in [0.25, 0.3) is 0 Å². The number of hydrogen-bond acceptors (Lipinski definition) is 1. The van der Waals surface area contributed by atoms with Crippen LogP contribution in [-0.2, 0) is 0 Å². The number of nitrogens with zero attached hydrogens (tertiary/aromatic N) is 1. The van der Waals surface area contributed by atoms with Crippen LogP contribution >= 0.6 is 0 Å². The number of rotatable bonds is 4. The van der Waals surface area contributed by atoms with Crippen LogP contribution in [0.25, 0.3) is 0 Å². The van der Waals surface area contributed by atoms with E-state index in [0.717, 1.165) is 0 Å². The van der Waals surface area contributed by atoms with Crippen molar-refractivity contribution in [2.24, 2.45) is 4.90 Å². The van der Waals surface area contributed by atoms with Crippen molar-refractivity contribution in [3.8, 4) is 0 Å². The SMILES string of the molecule is CC(C)(C)N=B[Si]([Si](C)(C)C)([Si](C)(C)C)[Si](C)(C)C. The molecular weight excluding hydrogens is 293 g/mol. The van der Waals surface area contributed by atoms with Gasteiger partial charge in [0.05, 0.1) is 0 Å². The molecular formula is C13H36BNSi4. The summed E-state index contributed by atoms with van der Waals surface area (Å²) in [6.45, 7) is 31.5. The molecule has 0 N–H and O–H groups in total. The molecule has 0 saturated carbocycles. The van der Waals surface area contributed by atoms with Crippen molar-refractivity contribution in [3.63, 3.8) is 0 Å². The van der Waals surface area contributed by atoms with E-state index in [1.165, 1.54) is 0 Å². The second kappa shape index (κ2) is 5.50. The zero-order valence-electron chi connectivity index (χ0n) is 15.5. The molecule has 0 amide bonds. The van der Waals surface area contributed by atoms with Crippen molar-refractivity contribution in [3.05, 3.63) is 0 Å². The first-order valence-corrected chi connectivity index (χ1v) is 23.1. The van der Waals surface area contributed by atoms with Crippen molar-refractivity contribution in [2.45, 2.75) is 85.2 Å². The fraction of sp³-hybridized carbons (Fsp3) is 1.00. The molecule has 112 valence electrons. The van der Waals surface area contributed by atoms with Crippen molar-refractivity contribution in [1.29, 1.82) is 0 Å². The van der Waals surface area contributed by atoms with Crippen LogP contribution in [0.3, 0.4) is 0 Å². The van der Waals surface area contributed by atoms with Crippen LogP contribution in [0.15, 0.2) is 4.90 Å². The van der Waals surface area contributed by atoms with Crippen molar-refractivity contribution in [2.75, 3.05) is 0 Å². The third-order valence-electron chi connectivity index (χ3n) is 4.19. The molecule has 0 aliphatic carbocycles. The monoisotopic (exact) mass is 329 g/mol. The second-order valence-electron chi connectivity index (χ2n) is 9.99. The van der Waals surface area contributed by atoms with Crippen LogP contribution < -0.4 is 0 Å². The van der Waals surface area contributed by atoms with E-state index < -0.39 is 29.3 Å². The van der Waals surface area contributed by atoms with Gasteiger partial charge in [-0.3, -0.25) is 0 Å². The number of hydrogen-bond donors (Lipinski definition) is 0. The van der Waals surface area contributed by atoms with Gasteiger partial charge in [-0.05, 0) is 0 Å². The first-order valence-electron chi connectivity index (χ1n) is 7.52. The summed E-state index contributed by atoms with van der Waals surface area (Å²) in [4.78, 5) is 5.07. The second-order valence-corrected chi connectivity index (χ2v) is 50.5. The van der Waals surface area contributed by atoms with Gasteiger partial charge in [0.2, 0.25) is 0 Å². The fourth-order valence-electron chi connectivity index (χ4n) is 4.25. The van der Waals surface area contributed by atoms with Gasteiger partial charge in [0.1, 0.15) is 0 Å². The Hall–Kier alpha value is 0.732. The Kier molecular flexibility index (Phi) is 5.71. The van der Waals surface area contributed by atoms with E-state index in [9.17, 15) is 0 Å². The normalized spacial score (nSPS) is 15.8. The molecule has 0 unspecified atom stereocenters. The Bertz CT molecular complexity index is 304. The maximum absolute atomic E-state index is 5.07. The van der Waals surface area contributed by atoms with Crippen molar-refractivity contribution < 1.29 is 0 Å². The molecule has 0 fully saturated rings. The van der Waals surface area contributed by atoms with Gasteiger partial charge in [0.15, 0.2) is 0 Å². The van der Waals surface area contributed by atoms with Crippen LogP contribution in [0.4, 0.5) is 0 Å². The summed E-state index contributed by atoms with van der Waals surface area (Å²) in [6.07, 6.45) is 0. The molecule has 0 spiro atoms. The summed E-state index contributed by atoms with van der Waals surface area (Å²) < 4.78 is 0. The fourth-order valence-corrected chi connectivity index (χ4v) is 97.8. The zero-order chi connectivity index (χ0) is 15.9. The predicted octanol–water partition coefficient (Wildman–Crippen LogP) is 4.87. The topological polar surface area (TPSA) is 12.4 Å². The first-order chi connectivity index (χ1) is 7.96. The molecule has 0 aromatic rings. The molecule has 0 rings (SSSR count). The summed E-state index contributed by atoms with van der Waals surface area (Å²) in [7, 11) is -3.58. The van der Waals surface area contributed by atoms with E-state index in [1.807, 2.05) is 0 Å². The van der Waals surface area contributed by atoms with Gasteiger partial charge >= 0.3 is 126 Å². The predicted molar refractivity (Wildman–Crippen MR) is 104 cm³/mol. The van der Waals surface area contributed by atoms with Crippen LogP contribution in [0.1, 0.15) is 20.8 Å². The Morgan fingerprint density at radius 3 is 1.05 bits per heavy atom. The molecule has 0 radical (unpaired) electrons. The molecule has 6 heteroatoms. The van der Waals surface area contributed by atoms with E-state index in [0.29, 0.717) is 0 Å². The molecule has 0 heterocycles. The minimum atomic E-state index is -1.39. The van der Waals surface area contributed by atoms with Gasteiger partial charge in [-0.15, -0.1) is 0 Å². The maximum atomic E-state index is 5.07. The van der Waals surface area contributed by atoms with E-state index in [1.54, 1.807) is 0 Å². The standard InChI is InChI=1S/C13H36BNSi4/c1-13(2,3)15-14-19(16(4,5)6,17(7,8)9)18(10,11)12/h1-12H3. The average Bonchev–Trinajstić information content (AvgIpc) is 1.92. The molecule has 0 aliphatic rings. The Labute approximate surface area is 126 Å². The summed E-state index contributed by atoms with van der Waals surface area (Å²) in [6, 6.07) is 0. The molecule has 0 aromatic heterocycles. The summed E-state index contributed by atoms with van der Waals surface area (Å²) in [5.74, 6) is 0. The van der Waals surface area contributed by atoms with Crippen LogP contribution in [0, 0.1) is 0 Å². The molecule has 0 aromatic carbocycles. The quantitative estimate of drug-likeness (QED) is 0.653. The van der Waals surface area contributed by atoms with E-state index in [4.69, 9.17) is 4.90 Å². The zero-order valence-corrected chi connectivity index (χ0v) is 19.5. The third-order valence-corrected chi connectivity index (χ3v) is 74.8. The summed E-state index contributed by atoms with van der Waals surface area (Å²) in [5.41, 5.74) is 0.0806. The van der Waals surface area contributed by atoms with E-state index >= 15 is 0 Å². The van der Waals surface area contributed by atoms with Crippen LogP contribution in [0.5, 0.6) is 0 Å².